The predicted octanol–water partition coefficient (Wildman–Crippen LogP) is 1.08. The van der Waals surface area contributed by atoms with Gasteiger partial charge in [-0.25, -0.2) is 0 Å². The maximum absolute atomic E-state index is 11.2. The number of aliphatic carboxylic acids is 1. The standard InChI is InChI=1S/C11H9N3O3S/c15-8-6-12-14-11(13-8)18-9(10(16)17)7-4-2-1-3-5-7/h1-6,9H,(H,16,17)(H,13,14,15)/t9-/m1/s1. The van der Waals surface area contributed by atoms with Gasteiger partial charge in [0.2, 0.25) is 0 Å². The fourth-order valence-electron chi connectivity index (χ4n) is 1.35. The van der Waals surface area contributed by atoms with Gasteiger partial charge in [-0.15, -0.1) is 5.10 Å². The molecule has 0 spiro atoms. The van der Waals surface area contributed by atoms with Crippen LogP contribution in [0.4, 0.5) is 0 Å². The third-order valence-electron chi connectivity index (χ3n) is 2.11. The molecule has 18 heavy (non-hydrogen) atoms. The first-order chi connectivity index (χ1) is 8.66. The van der Waals surface area contributed by atoms with Crippen molar-refractivity contribution in [3.05, 3.63) is 52.4 Å². The van der Waals surface area contributed by atoms with Gasteiger partial charge in [0.1, 0.15) is 11.4 Å². The van der Waals surface area contributed by atoms with E-state index in [-0.39, 0.29) is 5.16 Å². The van der Waals surface area contributed by atoms with E-state index in [0.717, 1.165) is 18.0 Å². The van der Waals surface area contributed by atoms with E-state index in [4.69, 9.17) is 0 Å². The van der Waals surface area contributed by atoms with Crippen molar-refractivity contribution in [2.45, 2.75) is 10.4 Å². The van der Waals surface area contributed by atoms with Crippen LogP contribution in [0.3, 0.4) is 0 Å². The number of carboxylic acids is 1. The molecule has 2 N–H and O–H groups in total. The van der Waals surface area contributed by atoms with Crippen molar-refractivity contribution in [2.24, 2.45) is 0 Å². The smallest absolute Gasteiger partial charge is 0.321 e. The number of nitrogens with one attached hydrogen (secondary N) is 1. The number of rotatable bonds is 4. The third kappa shape index (κ3) is 2.95. The summed E-state index contributed by atoms with van der Waals surface area (Å²) in [4.78, 5) is 24.7. The summed E-state index contributed by atoms with van der Waals surface area (Å²) in [5, 5.41) is 15.7. The number of benzene rings is 1. The zero-order valence-electron chi connectivity index (χ0n) is 9.11. The van der Waals surface area contributed by atoms with Gasteiger partial charge < -0.3 is 5.11 Å². The number of aromatic amines is 1. The molecule has 0 aliphatic heterocycles. The number of thioether (sulfide) groups is 1. The summed E-state index contributed by atoms with van der Waals surface area (Å²) in [6, 6.07) is 8.73. The Labute approximate surface area is 106 Å². The van der Waals surface area contributed by atoms with Crippen molar-refractivity contribution in [1.29, 1.82) is 0 Å². The van der Waals surface area contributed by atoms with Crippen LogP contribution in [-0.4, -0.2) is 26.3 Å². The van der Waals surface area contributed by atoms with Crippen LogP contribution >= 0.6 is 11.8 Å². The monoisotopic (exact) mass is 263 g/mol. The van der Waals surface area contributed by atoms with Crippen LogP contribution in [0, 0.1) is 0 Å². The fourth-order valence-corrected chi connectivity index (χ4v) is 2.22. The topological polar surface area (TPSA) is 95.9 Å². The molecule has 1 heterocycles. The van der Waals surface area contributed by atoms with E-state index in [1.54, 1.807) is 30.3 Å². The quantitative estimate of drug-likeness (QED) is 0.801. The molecule has 7 heteroatoms. The van der Waals surface area contributed by atoms with Gasteiger partial charge in [0.05, 0.1) is 0 Å². The molecule has 0 unspecified atom stereocenters. The normalized spacial score (nSPS) is 12.0. The maximum atomic E-state index is 11.2. The maximum Gasteiger partial charge on any atom is 0.321 e. The van der Waals surface area contributed by atoms with Gasteiger partial charge in [0, 0.05) is 0 Å². The van der Waals surface area contributed by atoms with Crippen LogP contribution < -0.4 is 5.56 Å². The van der Waals surface area contributed by atoms with E-state index in [0.29, 0.717) is 5.56 Å². The van der Waals surface area contributed by atoms with Crippen molar-refractivity contribution >= 4 is 17.7 Å². The molecular formula is C11H9N3O3S. The highest BCUT2D eigenvalue weighted by Crippen LogP contribution is 2.32. The van der Waals surface area contributed by atoms with Crippen molar-refractivity contribution in [2.75, 3.05) is 0 Å². The first kappa shape index (κ1) is 12.3. The number of nitrogens with zero attached hydrogens (tertiary/aromatic N) is 2. The highest BCUT2D eigenvalue weighted by molar-refractivity contribution is 8.00. The lowest BCUT2D eigenvalue weighted by atomic mass is 10.1. The average molecular weight is 263 g/mol. The molecule has 0 aliphatic carbocycles. The molecule has 1 aromatic heterocycles. The molecule has 0 saturated heterocycles. The third-order valence-corrected chi connectivity index (χ3v) is 3.23. The zero-order valence-corrected chi connectivity index (χ0v) is 9.92. The number of carboxylic acid groups (broad SMARTS) is 1. The number of H-pyrrole nitrogens is 1. The first-order valence-electron chi connectivity index (χ1n) is 5.03. The minimum atomic E-state index is -1.00. The molecular weight excluding hydrogens is 254 g/mol. The molecule has 0 radical (unpaired) electrons. The van der Waals surface area contributed by atoms with Gasteiger partial charge in [-0.1, -0.05) is 42.1 Å². The Morgan fingerprint density at radius 3 is 2.67 bits per heavy atom. The van der Waals surface area contributed by atoms with Gasteiger partial charge >= 0.3 is 5.97 Å². The van der Waals surface area contributed by atoms with Crippen molar-refractivity contribution < 1.29 is 9.90 Å². The Balaban J connectivity index is 2.28. The van der Waals surface area contributed by atoms with E-state index in [9.17, 15) is 14.7 Å². The Kier molecular flexibility index (Phi) is 3.73. The molecule has 6 nitrogen and oxygen atoms in total. The van der Waals surface area contributed by atoms with Gasteiger partial charge in [-0.3, -0.25) is 14.6 Å². The van der Waals surface area contributed by atoms with E-state index >= 15 is 0 Å². The lowest BCUT2D eigenvalue weighted by Gasteiger charge is -2.10. The van der Waals surface area contributed by atoms with Gasteiger partial charge in [0.25, 0.3) is 5.56 Å². The molecule has 0 aliphatic rings. The van der Waals surface area contributed by atoms with E-state index in [2.05, 4.69) is 15.2 Å². The molecule has 0 bridgehead atoms. The second-order valence-corrected chi connectivity index (χ2v) is 4.48. The summed E-state index contributed by atoms with van der Waals surface area (Å²) in [7, 11) is 0. The van der Waals surface area contributed by atoms with Crippen molar-refractivity contribution in [3.63, 3.8) is 0 Å². The number of hydrogen-bond acceptors (Lipinski definition) is 5. The molecule has 2 aromatic rings. The Bertz CT molecular complexity index is 600. The molecule has 92 valence electrons. The Hall–Kier alpha value is -2.15. The Morgan fingerprint density at radius 2 is 2.06 bits per heavy atom. The van der Waals surface area contributed by atoms with Crippen LogP contribution in [0.2, 0.25) is 0 Å². The highest BCUT2D eigenvalue weighted by atomic mass is 32.2. The largest absolute Gasteiger partial charge is 0.480 e. The molecule has 1 atom stereocenters. The van der Waals surface area contributed by atoms with E-state index in [1.807, 2.05) is 0 Å². The SMILES string of the molecule is O=C(O)[C@H](Sc1nncc(=O)[nH]1)c1ccccc1. The minimum Gasteiger partial charge on any atom is -0.480 e. The van der Waals surface area contributed by atoms with Gasteiger partial charge in [-0.2, -0.15) is 5.10 Å². The lowest BCUT2D eigenvalue weighted by Crippen LogP contribution is -2.12. The molecule has 0 amide bonds. The second-order valence-electron chi connectivity index (χ2n) is 3.39. The molecule has 0 saturated carbocycles. The summed E-state index contributed by atoms with van der Waals surface area (Å²) in [5.41, 5.74) is 0.214. The molecule has 1 aromatic carbocycles. The highest BCUT2D eigenvalue weighted by Gasteiger charge is 2.22. The van der Waals surface area contributed by atoms with Crippen LogP contribution in [0.1, 0.15) is 10.8 Å². The second kappa shape index (κ2) is 5.46. The summed E-state index contributed by atoms with van der Waals surface area (Å²) in [6.07, 6.45) is 1.03. The number of hydrogen-bond donors (Lipinski definition) is 2. The molecule has 2 rings (SSSR count). The predicted molar refractivity (Wildman–Crippen MR) is 65.3 cm³/mol. The van der Waals surface area contributed by atoms with Crippen LogP contribution in [0.15, 0.2) is 46.5 Å². The number of aromatic nitrogens is 3. The van der Waals surface area contributed by atoms with Crippen LogP contribution in [0.25, 0.3) is 0 Å². The lowest BCUT2D eigenvalue weighted by molar-refractivity contribution is -0.136. The fraction of sp³-hybridized carbons (Fsp3) is 0.0909. The van der Waals surface area contributed by atoms with E-state index < -0.39 is 16.8 Å². The summed E-state index contributed by atoms with van der Waals surface area (Å²) >= 11 is 0.935. The first-order valence-corrected chi connectivity index (χ1v) is 5.91. The Morgan fingerprint density at radius 1 is 1.33 bits per heavy atom. The summed E-state index contributed by atoms with van der Waals surface area (Å²) in [5.74, 6) is -1.00. The number of carbonyl (C=O) groups is 1. The zero-order chi connectivity index (χ0) is 13.0. The van der Waals surface area contributed by atoms with Crippen molar-refractivity contribution in [3.8, 4) is 0 Å². The average Bonchev–Trinajstić information content (AvgIpc) is 2.37. The van der Waals surface area contributed by atoms with Crippen LogP contribution in [-0.2, 0) is 4.79 Å². The molecule has 0 fully saturated rings. The van der Waals surface area contributed by atoms with Gasteiger partial charge in [0.15, 0.2) is 5.16 Å². The van der Waals surface area contributed by atoms with E-state index in [1.165, 1.54) is 0 Å². The summed E-state index contributed by atoms with van der Waals surface area (Å²) in [6.45, 7) is 0. The van der Waals surface area contributed by atoms with Crippen molar-refractivity contribution in [1.82, 2.24) is 15.2 Å². The minimum absolute atomic E-state index is 0.179. The van der Waals surface area contributed by atoms with Gasteiger partial charge in [-0.05, 0) is 5.56 Å². The summed E-state index contributed by atoms with van der Waals surface area (Å²) < 4.78 is 0. The van der Waals surface area contributed by atoms with Crippen LogP contribution in [0.5, 0.6) is 0 Å².